The van der Waals surface area contributed by atoms with E-state index in [0.29, 0.717) is 23.3 Å². The smallest absolute Gasteiger partial charge is 0.234 e. The summed E-state index contributed by atoms with van der Waals surface area (Å²) in [5.74, 6) is 1.10. The molecule has 8 heteroatoms. The minimum atomic E-state index is -0.555. The number of benzene rings is 2. The molecule has 1 unspecified atom stereocenters. The molecular formula is C30H36ClN5O2. The fraction of sp³-hybridized carbons (Fsp3) is 0.433. The van der Waals surface area contributed by atoms with Crippen LogP contribution in [0.3, 0.4) is 0 Å². The summed E-state index contributed by atoms with van der Waals surface area (Å²) in [5.41, 5.74) is 5.63. The minimum absolute atomic E-state index is 0.0319. The van der Waals surface area contributed by atoms with Crippen LogP contribution in [0.15, 0.2) is 48.7 Å². The molecule has 1 amide bonds. The number of rotatable bonds is 9. The number of piperidine rings is 1. The van der Waals surface area contributed by atoms with E-state index >= 15 is 0 Å². The molecule has 0 radical (unpaired) electrons. The Bertz CT molecular complexity index is 1290. The lowest BCUT2D eigenvalue weighted by Gasteiger charge is -2.32. The van der Waals surface area contributed by atoms with E-state index in [1.165, 1.54) is 18.4 Å². The molecule has 1 aromatic heterocycles. The third-order valence-corrected chi connectivity index (χ3v) is 8.11. The second-order valence-corrected chi connectivity index (χ2v) is 11.2. The second-order valence-electron chi connectivity index (χ2n) is 10.8. The highest BCUT2D eigenvalue weighted by molar-refractivity contribution is 6.31. The third kappa shape index (κ3) is 5.70. The first kappa shape index (κ1) is 26.6. The molecule has 2 aliphatic rings. The summed E-state index contributed by atoms with van der Waals surface area (Å²) in [6.07, 6.45) is 5.46. The number of hydrogen-bond donors (Lipinski definition) is 2. The molecule has 5 rings (SSSR count). The van der Waals surface area contributed by atoms with Gasteiger partial charge in [0.25, 0.3) is 0 Å². The van der Waals surface area contributed by atoms with E-state index in [1.807, 2.05) is 26.0 Å². The molecular weight excluding hydrogens is 498 g/mol. The maximum absolute atomic E-state index is 12.4. The van der Waals surface area contributed by atoms with Crippen molar-refractivity contribution in [2.45, 2.75) is 50.9 Å². The number of nitrogens with one attached hydrogen (secondary N) is 2. The normalized spacial score (nSPS) is 18.7. The Labute approximate surface area is 230 Å². The van der Waals surface area contributed by atoms with Crippen LogP contribution < -0.4 is 10.6 Å². The standard InChI is InChI=1S/C30H36ClN5O2/c1-30(2)27-21(6-4-8-26(27)34-28(30)37)11-14-25-24(31)18-32-29(35-25)33-23-12-9-20(10-13-23)22-7-5-15-36(19-22)16-17-38-3/h4,6,8-10,12-13,18,22H,5,7,11,14-17,19H2,1-3H3,(H,34,37)(H,32,33,35). The Balaban J connectivity index is 1.24. The summed E-state index contributed by atoms with van der Waals surface area (Å²) in [7, 11) is 1.76. The minimum Gasteiger partial charge on any atom is -0.383 e. The van der Waals surface area contributed by atoms with E-state index in [1.54, 1.807) is 13.3 Å². The highest BCUT2D eigenvalue weighted by Crippen LogP contribution is 2.40. The summed E-state index contributed by atoms with van der Waals surface area (Å²) in [5, 5.41) is 6.88. The predicted octanol–water partition coefficient (Wildman–Crippen LogP) is 5.71. The van der Waals surface area contributed by atoms with Crippen LogP contribution in [0.4, 0.5) is 17.3 Å². The molecule has 0 spiro atoms. The number of aryl methyl sites for hydroxylation is 2. The lowest BCUT2D eigenvalue weighted by Crippen LogP contribution is -2.36. The van der Waals surface area contributed by atoms with Gasteiger partial charge in [-0.05, 0) is 86.9 Å². The molecule has 1 fully saturated rings. The molecule has 7 nitrogen and oxygen atoms in total. The third-order valence-electron chi connectivity index (χ3n) is 7.79. The van der Waals surface area contributed by atoms with Crippen molar-refractivity contribution in [3.8, 4) is 0 Å². The van der Waals surface area contributed by atoms with Crippen molar-refractivity contribution in [2.24, 2.45) is 0 Å². The maximum atomic E-state index is 12.4. The van der Waals surface area contributed by atoms with Crippen molar-refractivity contribution < 1.29 is 9.53 Å². The summed E-state index contributed by atoms with van der Waals surface area (Å²) in [4.78, 5) is 24.1. The van der Waals surface area contributed by atoms with Crippen LogP contribution in [-0.2, 0) is 27.8 Å². The Hall–Kier alpha value is -3.00. The van der Waals surface area contributed by atoms with E-state index < -0.39 is 5.41 Å². The summed E-state index contributed by atoms with van der Waals surface area (Å²) in [6, 6.07) is 14.6. The van der Waals surface area contributed by atoms with Crippen molar-refractivity contribution in [1.82, 2.24) is 14.9 Å². The highest BCUT2D eigenvalue weighted by Gasteiger charge is 2.39. The number of anilines is 3. The van der Waals surface area contributed by atoms with Gasteiger partial charge in [-0.3, -0.25) is 4.79 Å². The van der Waals surface area contributed by atoms with Crippen molar-refractivity contribution in [3.63, 3.8) is 0 Å². The van der Waals surface area contributed by atoms with Crippen LogP contribution in [0.25, 0.3) is 0 Å². The van der Waals surface area contributed by atoms with Crippen LogP contribution in [0.2, 0.25) is 5.02 Å². The van der Waals surface area contributed by atoms with Crippen LogP contribution >= 0.6 is 11.6 Å². The van der Waals surface area contributed by atoms with Crippen molar-refractivity contribution >= 4 is 34.8 Å². The van der Waals surface area contributed by atoms with E-state index in [4.69, 9.17) is 21.3 Å². The number of amides is 1. The Morgan fingerprint density at radius 1 is 1.18 bits per heavy atom. The van der Waals surface area contributed by atoms with Crippen molar-refractivity contribution in [1.29, 1.82) is 0 Å². The van der Waals surface area contributed by atoms with Gasteiger partial charge in [0, 0.05) is 31.6 Å². The quantitative estimate of drug-likeness (QED) is 0.366. The number of likely N-dealkylation sites (tertiary alicyclic amines) is 1. The number of aromatic nitrogens is 2. The van der Waals surface area contributed by atoms with Gasteiger partial charge in [0.05, 0.1) is 28.9 Å². The van der Waals surface area contributed by atoms with Gasteiger partial charge in [-0.25, -0.2) is 9.97 Å². The molecule has 0 saturated carbocycles. The summed E-state index contributed by atoms with van der Waals surface area (Å²) >= 11 is 6.48. The summed E-state index contributed by atoms with van der Waals surface area (Å²) in [6.45, 7) is 7.92. The number of nitrogens with zero attached hydrogens (tertiary/aromatic N) is 3. The molecule has 200 valence electrons. The molecule has 3 aromatic rings. The van der Waals surface area contributed by atoms with E-state index in [2.05, 4.69) is 50.8 Å². The van der Waals surface area contributed by atoms with Gasteiger partial charge in [0.2, 0.25) is 11.9 Å². The predicted molar refractivity (Wildman–Crippen MR) is 153 cm³/mol. The number of halogens is 1. The number of methoxy groups -OCH3 is 1. The van der Waals surface area contributed by atoms with Crippen LogP contribution in [0, 0.1) is 0 Å². The molecule has 3 heterocycles. The Kier molecular flexibility index (Phi) is 7.98. The van der Waals surface area contributed by atoms with Crippen molar-refractivity contribution in [2.75, 3.05) is 44.0 Å². The monoisotopic (exact) mass is 533 g/mol. The molecule has 2 aliphatic heterocycles. The lowest BCUT2D eigenvalue weighted by atomic mass is 9.82. The highest BCUT2D eigenvalue weighted by atomic mass is 35.5. The lowest BCUT2D eigenvalue weighted by molar-refractivity contribution is -0.119. The van der Waals surface area contributed by atoms with Crippen LogP contribution in [0.1, 0.15) is 55.0 Å². The van der Waals surface area contributed by atoms with Gasteiger partial charge in [0.15, 0.2) is 0 Å². The van der Waals surface area contributed by atoms with Crippen LogP contribution in [-0.4, -0.2) is 54.1 Å². The van der Waals surface area contributed by atoms with E-state index in [-0.39, 0.29) is 5.91 Å². The largest absolute Gasteiger partial charge is 0.383 e. The first-order chi connectivity index (χ1) is 18.3. The number of fused-ring (bicyclic) bond motifs is 1. The topological polar surface area (TPSA) is 79.4 Å². The van der Waals surface area contributed by atoms with Crippen molar-refractivity contribution in [3.05, 3.63) is 76.1 Å². The molecule has 2 N–H and O–H groups in total. The van der Waals surface area contributed by atoms with Gasteiger partial charge < -0.3 is 20.3 Å². The van der Waals surface area contributed by atoms with Gasteiger partial charge >= 0.3 is 0 Å². The number of carbonyl (C=O) groups is 1. The average molecular weight is 534 g/mol. The second kappa shape index (κ2) is 11.4. The Morgan fingerprint density at radius 3 is 2.79 bits per heavy atom. The van der Waals surface area contributed by atoms with E-state index in [9.17, 15) is 4.79 Å². The van der Waals surface area contributed by atoms with Gasteiger partial charge in [-0.15, -0.1) is 0 Å². The van der Waals surface area contributed by atoms with Gasteiger partial charge in [-0.2, -0.15) is 0 Å². The SMILES string of the molecule is COCCN1CCCC(c2ccc(Nc3ncc(Cl)c(CCc4cccc5c4C(C)(C)C(=O)N5)n3)cc2)C1. The summed E-state index contributed by atoms with van der Waals surface area (Å²) < 4.78 is 5.26. The molecule has 1 atom stereocenters. The molecule has 0 aliphatic carbocycles. The van der Waals surface area contributed by atoms with Gasteiger partial charge in [-0.1, -0.05) is 35.9 Å². The fourth-order valence-electron chi connectivity index (χ4n) is 5.65. The zero-order valence-electron chi connectivity index (χ0n) is 22.4. The zero-order chi connectivity index (χ0) is 26.7. The first-order valence-electron chi connectivity index (χ1n) is 13.4. The first-order valence-corrected chi connectivity index (χ1v) is 13.8. The van der Waals surface area contributed by atoms with Gasteiger partial charge in [0.1, 0.15) is 0 Å². The number of ether oxygens (including phenoxy) is 1. The molecule has 2 aromatic carbocycles. The molecule has 38 heavy (non-hydrogen) atoms. The number of hydrogen-bond acceptors (Lipinski definition) is 6. The zero-order valence-corrected chi connectivity index (χ0v) is 23.1. The Morgan fingerprint density at radius 2 is 2.00 bits per heavy atom. The van der Waals surface area contributed by atoms with Crippen LogP contribution in [0.5, 0.6) is 0 Å². The average Bonchev–Trinajstić information content (AvgIpc) is 3.16. The fourth-order valence-corrected chi connectivity index (χ4v) is 5.84. The molecule has 1 saturated heterocycles. The molecule has 0 bridgehead atoms. The van der Waals surface area contributed by atoms with E-state index in [0.717, 1.165) is 60.9 Å². The number of carbonyl (C=O) groups excluding carboxylic acids is 1. The maximum Gasteiger partial charge on any atom is 0.234 e.